The Hall–Kier alpha value is -1.32. The lowest BCUT2D eigenvalue weighted by molar-refractivity contribution is 0.230. The summed E-state index contributed by atoms with van der Waals surface area (Å²) in [5.74, 6) is 0.600. The molecule has 1 fully saturated rings. The van der Waals surface area contributed by atoms with E-state index >= 15 is 0 Å². The first-order valence-electron chi connectivity index (χ1n) is 7.22. The highest BCUT2D eigenvalue weighted by molar-refractivity contribution is 5.80. The summed E-state index contributed by atoms with van der Waals surface area (Å²) in [7, 11) is 2.10. The molecule has 1 N–H and O–H groups in total. The van der Waals surface area contributed by atoms with E-state index in [1.54, 1.807) is 0 Å². The summed E-state index contributed by atoms with van der Waals surface area (Å²) >= 11 is 0. The van der Waals surface area contributed by atoms with Crippen LogP contribution in [-0.4, -0.2) is 42.2 Å². The first-order chi connectivity index (χ1) is 9.24. The summed E-state index contributed by atoms with van der Waals surface area (Å²) in [6.07, 6.45) is 2.13. The molecule has 0 radical (unpaired) electrons. The quantitative estimate of drug-likeness (QED) is 0.909. The summed E-state index contributed by atoms with van der Waals surface area (Å²) in [4.78, 5) is 2.57. The van der Waals surface area contributed by atoms with Crippen molar-refractivity contribution in [3.05, 3.63) is 36.0 Å². The Bertz CT molecular complexity index is 552. The molecule has 0 aliphatic carbocycles. The number of aryl methyl sites for hydroxylation is 1. The zero-order valence-corrected chi connectivity index (χ0v) is 11.9. The SMILES string of the molecule is CC(CN1CCNCC1)c1ccc2c(ccn2C)c1. The van der Waals surface area contributed by atoms with Crippen molar-refractivity contribution >= 4 is 10.9 Å². The molecule has 0 saturated carbocycles. The molecule has 1 aromatic carbocycles. The summed E-state index contributed by atoms with van der Waals surface area (Å²) in [5, 5.41) is 4.76. The molecule has 1 aromatic heterocycles. The van der Waals surface area contributed by atoms with Crippen molar-refractivity contribution in [2.45, 2.75) is 12.8 Å². The van der Waals surface area contributed by atoms with Crippen LogP contribution in [0.5, 0.6) is 0 Å². The summed E-state index contributed by atoms with van der Waals surface area (Å²) < 4.78 is 2.18. The third-order valence-electron chi connectivity index (χ3n) is 4.22. The van der Waals surface area contributed by atoms with Crippen molar-refractivity contribution in [3.63, 3.8) is 0 Å². The molecule has 3 nitrogen and oxygen atoms in total. The van der Waals surface area contributed by atoms with Gasteiger partial charge in [-0.25, -0.2) is 0 Å². The summed E-state index contributed by atoms with van der Waals surface area (Å²) in [6.45, 7) is 8.12. The van der Waals surface area contributed by atoms with E-state index in [0.717, 1.165) is 13.1 Å². The molecule has 102 valence electrons. The minimum Gasteiger partial charge on any atom is -0.351 e. The minimum atomic E-state index is 0.600. The number of piperazine rings is 1. The first kappa shape index (κ1) is 12.7. The maximum Gasteiger partial charge on any atom is 0.0477 e. The fraction of sp³-hybridized carbons (Fsp3) is 0.500. The van der Waals surface area contributed by atoms with Gasteiger partial charge in [-0.05, 0) is 35.1 Å². The van der Waals surface area contributed by atoms with E-state index in [1.807, 2.05) is 0 Å². The van der Waals surface area contributed by atoms with Gasteiger partial charge in [-0.1, -0.05) is 13.0 Å². The average molecular weight is 257 g/mol. The van der Waals surface area contributed by atoms with Crippen molar-refractivity contribution in [2.24, 2.45) is 7.05 Å². The van der Waals surface area contributed by atoms with Gasteiger partial charge in [0, 0.05) is 51.5 Å². The normalized spacial score (nSPS) is 18.8. The average Bonchev–Trinajstić information content (AvgIpc) is 2.81. The third kappa shape index (κ3) is 2.67. The number of benzene rings is 1. The van der Waals surface area contributed by atoms with Gasteiger partial charge in [-0.15, -0.1) is 0 Å². The molecule has 1 aliphatic heterocycles. The molecular formula is C16H23N3. The standard InChI is InChI=1S/C16H23N3/c1-13(12-19-9-6-17-7-10-19)14-3-4-16-15(11-14)5-8-18(16)2/h3-5,8,11,13,17H,6-7,9-10,12H2,1-2H3. The Labute approximate surface area is 115 Å². The lowest BCUT2D eigenvalue weighted by Gasteiger charge is -2.29. The molecule has 2 heterocycles. The number of rotatable bonds is 3. The lowest BCUT2D eigenvalue weighted by atomic mass is 9.99. The van der Waals surface area contributed by atoms with Crippen LogP contribution in [0.4, 0.5) is 0 Å². The van der Waals surface area contributed by atoms with E-state index < -0.39 is 0 Å². The molecular weight excluding hydrogens is 234 g/mol. The fourth-order valence-electron chi connectivity index (χ4n) is 2.99. The van der Waals surface area contributed by atoms with Crippen molar-refractivity contribution in [1.82, 2.24) is 14.8 Å². The molecule has 19 heavy (non-hydrogen) atoms. The molecule has 0 bridgehead atoms. The maximum absolute atomic E-state index is 3.41. The third-order valence-corrected chi connectivity index (χ3v) is 4.22. The van der Waals surface area contributed by atoms with Crippen LogP contribution in [0, 0.1) is 0 Å². The van der Waals surface area contributed by atoms with Crippen molar-refractivity contribution in [1.29, 1.82) is 0 Å². The van der Waals surface area contributed by atoms with Crippen LogP contribution in [0.25, 0.3) is 10.9 Å². The second kappa shape index (κ2) is 5.35. The lowest BCUT2D eigenvalue weighted by Crippen LogP contribution is -2.44. The molecule has 1 unspecified atom stereocenters. The van der Waals surface area contributed by atoms with Gasteiger partial charge in [0.2, 0.25) is 0 Å². The topological polar surface area (TPSA) is 20.2 Å². The highest BCUT2D eigenvalue weighted by Crippen LogP contribution is 2.23. The first-order valence-corrected chi connectivity index (χ1v) is 7.22. The van der Waals surface area contributed by atoms with Gasteiger partial charge in [-0.3, -0.25) is 0 Å². The smallest absolute Gasteiger partial charge is 0.0477 e. The van der Waals surface area contributed by atoms with Crippen LogP contribution in [0.1, 0.15) is 18.4 Å². The zero-order valence-electron chi connectivity index (χ0n) is 11.9. The minimum absolute atomic E-state index is 0.600. The maximum atomic E-state index is 3.41. The highest BCUT2D eigenvalue weighted by Gasteiger charge is 2.14. The van der Waals surface area contributed by atoms with Crippen molar-refractivity contribution < 1.29 is 0 Å². The van der Waals surface area contributed by atoms with Crippen LogP contribution >= 0.6 is 0 Å². The van der Waals surface area contributed by atoms with Crippen LogP contribution in [0.3, 0.4) is 0 Å². The van der Waals surface area contributed by atoms with E-state index in [4.69, 9.17) is 0 Å². The van der Waals surface area contributed by atoms with E-state index in [1.165, 1.54) is 36.1 Å². The summed E-state index contributed by atoms with van der Waals surface area (Å²) in [5.41, 5.74) is 2.77. The van der Waals surface area contributed by atoms with Crippen LogP contribution in [-0.2, 0) is 7.05 Å². The van der Waals surface area contributed by atoms with Crippen LogP contribution < -0.4 is 5.32 Å². The second-order valence-electron chi connectivity index (χ2n) is 5.70. The van der Waals surface area contributed by atoms with Crippen LogP contribution in [0.15, 0.2) is 30.5 Å². The Morgan fingerprint density at radius 3 is 2.79 bits per heavy atom. The van der Waals surface area contributed by atoms with E-state index in [0.29, 0.717) is 5.92 Å². The zero-order chi connectivity index (χ0) is 13.2. The van der Waals surface area contributed by atoms with Crippen molar-refractivity contribution in [3.8, 4) is 0 Å². The predicted octanol–water partition coefficient (Wildman–Crippen LogP) is 2.19. The predicted molar refractivity (Wildman–Crippen MR) is 80.6 cm³/mol. The van der Waals surface area contributed by atoms with E-state index in [9.17, 15) is 0 Å². The molecule has 3 rings (SSSR count). The Morgan fingerprint density at radius 2 is 2.00 bits per heavy atom. The molecule has 0 amide bonds. The monoisotopic (exact) mass is 257 g/mol. The molecule has 2 aromatic rings. The Kier molecular flexibility index (Phi) is 3.58. The number of aromatic nitrogens is 1. The van der Waals surface area contributed by atoms with Crippen LogP contribution in [0.2, 0.25) is 0 Å². The van der Waals surface area contributed by atoms with Gasteiger partial charge in [0.15, 0.2) is 0 Å². The van der Waals surface area contributed by atoms with Gasteiger partial charge < -0.3 is 14.8 Å². The number of hydrogen-bond donors (Lipinski definition) is 1. The largest absolute Gasteiger partial charge is 0.351 e. The highest BCUT2D eigenvalue weighted by atomic mass is 15.2. The number of hydrogen-bond acceptors (Lipinski definition) is 2. The molecule has 1 aliphatic rings. The number of fused-ring (bicyclic) bond motifs is 1. The van der Waals surface area contributed by atoms with E-state index in [2.05, 4.69) is 59.2 Å². The van der Waals surface area contributed by atoms with Gasteiger partial charge in [-0.2, -0.15) is 0 Å². The fourth-order valence-corrected chi connectivity index (χ4v) is 2.99. The van der Waals surface area contributed by atoms with Gasteiger partial charge in [0.25, 0.3) is 0 Å². The number of nitrogens with one attached hydrogen (secondary N) is 1. The van der Waals surface area contributed by atoms with Crippen molar-refractivity contribution in [2.75, 3.05) is 32.7 Å². The molecule has 1 atom stereocenters. The van der Waals surface area contributed by atoms with E-state index in [-0.39, 0.29) is 0 Å². The molecule has 3 heteroatoms. The van der Waals surface area contributed by atoms with Gasteiger partial charge in [0.1, 0.15) is 0 Å². The van der Waals surface area contributed by atoms with Gasteiger partial charge >= 0.3 is 0 Å². The Morgan fingerprint density at radius 1 is 1.21 bits per heavy atom. The Balaban J connectivity index is 1.75. The molecule has 1 saturated heterocycles. The van der Waals surface area contributed by atoms with Gasteiger partial charge in [0.05, 0.1) is 0 Å². The second-order valence-corrected chi connectivity index (χ2v) is 5.70. The summed E-state index contributed by atoms with van der Waals surface area (Å²) in [6, 6.07) is 9.09. The molecule has 0 spiro atoms. The number of nitrogens with zero attached hydrogens (tertiary/aromatic N) is 2.